The predicted octanol–water partition coefficient (Wildman–Crippen LogP) is 5.92. The molecular formula is C27H26N2O4S. The summed E-state index contributed by atoms with van der Waals surface area (Å²) in [5.41, 5.74) is 3.54. The minimum atomic E-state index is -0.486. The SMILES string of the molecule is CCCOc1ccc2ccccc2c1/C=C1\SC(=O)N(CC(=O)Nc2ccc(C)c(C)c2)C1=O. The lowest BCUT2D eigenvalue weighted by Crippen LogP contribution is -2.36. The smallest absolute Gasteiger partial charge is 0.294 e. The van der Waals surface area contributed by atoms with Crippen LogP contribution in [0.1, 0.15) is 30.0 Å². The van der Waals surface area contributed by atoms with Crippen LogP contribution in [0.2, 0.25) is 0 Å². The number of nitrogens with zero attached hydrogens (tertiary/aromatic N) is 1. The number of amides is 3. The number of imide groups is 1. The van der Waals surface area contributed by atoms with Crippen molar-refractivity contribution in [3.8, 4) is 5.75 Å². The van der Waals surface area contributed by atoms with Crippen molar-refractivity contribution in [2.24, 2.45) is 0 Å². The molecule has 0 aliphatic carbocycles. The quantitative estimate of drug-likeness (QED) is 0.430. The summed E-state index contributed by atoms with van der Waals surface area (Å²) in [7, 11) is 0. The van der Waals surface area contributed by atoms with Crippen LogP contribution in [0.4, 0.5) is 10.5 Å². The second kappa shape index (κ2) is 10.1. The van der Waals surface area contributed by atoms with Crippen molar-refractivity contribution in [1.29, 1.82) is 0 Å². The standard InChI is InChI=1S/C27H26N2O4S/c1-4-13-33-23-12-10-19-7-5-6-8-21(19)22(23)15-24-26(31)29(27(32)34-24)16-25(30)28-20-11-9-17(2)18(3)14-20/h5-12,14-15H,4,13,16H2,1-3H3,(H,28,30)/b24-15-. The predicted molar refractivity (Wildman–Crippen MR) is 137 cm³/mol. The molecule has 3 aromatic rings. The molecule has 1 aliphatic rings. The summed E-state index contributed by atoms with van der Waals surface area (Å²) in [6.07, 6.45) is 2.54. The summed E-state index contributed by atoms with van der Waals surface area (Å²) in [4.78, 5) is 39.5. The molecule has 0 bridgehead atoms. The number of rotatable bonds is 7. The van der Waals surface area contributed by atoms with Gasteiger partial charge in [0.05, 0.1) is 11.5 Å². The summed E-state index contributed by atoms with van der Waals surface area (Å²) in [5, 5.41) is 4.23. The van der Waals surface area contributed by atoms with E-state index in [-0.39, 0.29) is 11.4 Å². The highest BCUT2D eigenvalue weighted by molar-refractivity contribution is 8.18. The average Bonchev–Trinajstić information content (AvgIpc) is 3.08. The Hall–Kier alpha value is -3.58. The molecule has 0 saturated carbocycles. The zero-order chi connectivity index (χ0) is 24.2. The van der Waals surface area contributed by atoms with Gasteiger partial charge in [0.25, 0.3) is 11.1 Å². The van der Waals surface area contributed by atoms with Gasteiger partial charge in [0.2, 0.25) is 5.91 Å². The number of hydrogen-bond donors (Lipinski definition) is 1. The van der Waals surface area contributed by atoms with Crippen LogP contribution < -0.4 is 10.1 Å². The van der Waals surface area contributed by atoms with E-state index in [0.717, 1.165) is 50.5 Å². The Balaban J connectivity index is 1.57. The van der Waals surface area contributed by atoms with Gasteiger partial charge in [-0.05, 0) is 78.2 Å². The lowest BCUT2D eigenvalue weighted by molar-refractivity contribution is -0.127. The summed E-state index contributed by atoms with van der Waals surface area (Å²) in [6.45, 7) is 6.16. The van der Waals surface area contributed by atoms with Crippen molar-refractivity contribution < 1.29 is 19.1 Å². The summed E-state index contributed by atoms with van der Waals surface area (Å²) >= 11 is 0.833. The first-order valence-corrected chi connectivity index (χ1v) is 12.0. The summed E-state index contributed by atoms with van der Waals surface area (Å²) < 4.78 is 5.91. The van der Waals surface area contributed by atoms with Gasteiger partial charge >= 0.3 is 0 Å². The highest BCUT2D eigenvalue weighted by Gasteiger charge is 2.36. The highest BCUT2D eigenvalue weighted by atomic mass is 32.2. The van der Waals surface area contributed by atoms with E-state index in [9.17, 15) is 14.4 Å². The molecule has 0 spiro atoms. The number of aryl methyl sites for hydroxylation is 2. The number of anilines is 1. The lowest BCUT2D eigenvalue weighted by atomic mass is 10.0. The van der Waals surface area contributed by atoms with Crippen molar-refractivity contribution in [2.45, 2.75) is 27.2 Å². The van der Waals surface area contributed by atoms with Crippen molar-refractivity contribution in [3.05, 3.63) is 76.2 Å². The third kappa shape index (κ3) is 4.99. The number of fused-ring (bicyclic) bond motifs is 1. The van der Waals surface area contributed by atoms with Crippen LogP contribution in [0.15, 0.2) is 59.5 Å². The molecule has 1 heterocycles. The second-order valence-corrected chi connectivity index (χ2v) is 9.16. The Morgan fingerprint density at radius 1 is 1.06 bits per heavy atom. The number of carbonyl (C=O) groups is 3. The van der Waals surface area contributed by atoms with Gasteiger partial charge in [-0.2, -0.15) is 0 Å². The van der Waals surface area contributed by atoms with Crippen molar-refractivity contribution in [3.63, 3.8) is 0 Å². The first-order valence-electron chi connectivity index (χ1n) is 11.1. The molecule has 0 unspecified atom stereocenters. The van der Waals surface area contributed by atoms with Gasteiger partial charge in [0, 0.05) is 11.3 Å². The average molecular weight is 475 g/mol. The molecule has 1 aliphatic heterocycles. The number of thioether (sulfide) groups is 1. The van der Waals surface area contributed by atoms with Crippen LogP contribution in [0.3, 0.4) is 0 Å². The molecule has 4 rings (SSSR count). The van der Waals surface area contributed by atoms with E-state index >= 15 is 0 Å². The fourth-order valence-corrected chi connectivity index (χ4v) is 4.51. The lowest BCUT2D eigenvalue weighted by Gasteiger charge is -2.13. The normalized spacial score (nSPS) is 14.8. The van der Waals surface area contributed by atoms with Gasteiger partial charge in [-0.3, -0.25) is 19.3 Å². The molecule has 1 fully saturated rings. The highest BCUT2D eigenvalue weighted by Crippen LogP contribution is 2.36. The Kier molecular flexibility index (Phi) is 7.03. The number of benzene rings is 3. The molecule has 0 aromatic heterocycles. The minimum Gasteiger partial charge on any atom is -0.493 e. The molecule has 174 valence electrons. The van der Waals surface area contributed by atoms with E-state index in [2.05, 4.69) is 5.32 Å². The molecule has 7 heteroatoms. The van der Waals surface area contributed by atoms with Gasteiger partial charge in [-0.25, -0.2) is 0 Å². The molecule has 1 saturated heterocycles. The van der Waals surface area contributed by atoms with Crippen LogP contribution in [0.5, 0.6) is 5.75 Å². The van der Waals surface area contributed by atoms with Crippen LogP contribution in [0, 0.1) is 13.8 Å². The van der Waals surface area contributed by atoms with E-state index in [1.165, 1.54) is 0 Å². The Labute approximate surface area is 203 Å². The number of nitrogens with one attached hydrogen (secondary N) is 1. The number of hydrogen-bond acceptors (Lipinski definition) is 5. The van der Waals surface area contributed by atoms with Gasteiger partial charge in [-0.15, -0.1) is 0 Å². The van der Waals surface area contributed by atoms with E-state index in [1.807, 2.05) is 69.3 Å². The third-order valence-electron chi connectivity index (χ3n) is 5.63. The van der Waals surface area contributed by atoms with Crippen LogP contribution in [0.25, 0.3) is 16.8 Å². The third-order valence-corrected chi connectivity index (χ3v) is 6.54. The summed E-state index contributed by atoms with van der Waals surface area (Å²) in [5.74, 6) is -0.261. The maximum atomic E-state index is 13.1. The first-order chi connectivity index (χ1) is 16.4. The largest absolute Gasteiger partial charge is 0.493 e. The van der Waals surface area contributed by atoms with Crippen LogP contribution in [-0.2, 0) is 9.59 Å². The van der Waals surface area contributed by atoms with Crippen molar-refractivity contribution in [1.82, 2.24) is 4.90 Å². The number of ether oxygens (including phenoxy) is 1. The molecular weight excluding hydrogens is 448 g/mol. The zero-order valence-corrected chi connectivity index (χ0v) is 20.2. The molecule has 3 amide bonds. The molecule has 1 N–H and O–H groups in total. The monoisotopic (exact) mass is 474 g/mol. The Bertz CT molecular complexity index is 1320. The zero-order valence-electron chi connectivity index (χ0n) is 19.4. The van der Waals surface area contributed by atoms with E-state index in [4.69, 9.17) is 4.74 Å². The van der Waals surface area contributed by atoms with Gasteiger partial charge in [-0.1, -0.05) is 43.3 Å². The van der Waals surface area contributed by atoms with Crippen molar-refractivity contribution in [2.75, 3.05) is 18.5 Å². The van der Waals surface area contributed by atoms with E-state index < -0.39 is 17.1 Å². The number of carbonyl (C=O) groups excluding carboxylic acids is 3. The van der Waals surface area contributed by atoms with E-state index in [1.54, 1.807) is 12.1 Å². The molecule has 0 atom stereocenters. The van der Waals surface area contributed by atoms with Gasteiger partial charge in [0.1, 0.15) is 12.3 Å². The fourth-order valence-electron chi connectivity index (χ4n) is 3.69. The molecule has 3 aromatic carbocycles. The fraction of sp³-hybridized carbons (Fsp3) is 0.222. The molecule has 0 radical (unpaired) electrons. The maximum Gasteiger partial charge on any atom is 0.294 e. The van der Waals surface area contributed by atoms with Gasteiger partial charge in [0.15, 0.2) is 0 Å². The minimum absolute atomic E-state index is 0.265. The van der Waals surface area contributed by atoms with E-state index in [0.29, 0.717) is 18.0 Å². The first kappa shape index (κ1) is 23.6. The summed E-state index contributed by atoms with van der Waals surface area (Å²) in [6, 6.07) is 17.2. The second-order valence-electron chi connectivity index (χ2n) is 8.16. The molecule has 34 heavy (non-hydrogen) atoms. The van der Waals surface area contributed by atoms with Crippen LogP contribution >= 0.6 is 11.8 Å². The Morgan fingerprint density at radius 2 is 1.85 bits per heavy atom. The molecule has 6 nitrogen and oxygen atoms in total. The Morgan fingerprint density at radius 3 is 2.62 bits per heavy atom. The maximum absolute atomic E-state index is 13.1. The van der Waals surface area contributed by atoms with Crippen LogP contribution in [-0.4, -0.2) is 35.1 Å². The van der Waals surface area contributed by atoms with Crippen molar-refractivity contribution >= 4 is 51.4 Å². The topological polar surface area (TPSA) is 75.7 Å². The van der Waals surface area contributed by atoms with Gasteiger partial charge < -0.3 is 10.1 Å².